The van der Waals surface area contributed by atoms with E-state index in [-0.39, 0.29) is 0 Å². The summed E-state index contributed by atoms with van der Waals surface area (Å²) in [6, 6.07) is 12.9. The molecule has 6 nitrogen and oxygen atoms in total. The third kappa shape index (κ3) is 3.02. The van der Waals surface area contributed by atoms with Crippen molar-refractivity contribution in [3.05, 3.63) is 41.4 Å². The van der Waals surface area contributed by atoms with Crippen molar-refractivity contribution in [2.75, 3.05) is 32.1 Å². The third-order valence-corrected chi connectivity index (χ3v) is 6.01. The van der Waals surface area contributed by atoms with Gasteiger partial charge in [-0.3, -0.25) is 5.10 Å². The van der Waals surface area contributed by atoms with Crippen LogP contribution in [0.1, 0.15) is 12.8 Å². The molecule has 144 valence electrons. The van der Waals surface area contributed by atoms with Crippen LogP contribution < -0.4 is 4.90 Å². The second kappa shape index (κ2) is 6.79. The number of hydrogen-bond donors (Lipinski definition) is 2. The van der Waals surface area contributed by atoms with Crippen molar-refractivity contribution in [3.63, 3.8) is 0 Å². The monoisotopic (exact) mass is 394 g/mol. The van der Waals surface area contributed by atoms with E-state index in [0.29, 0.717) is 11.1 Å². The summed E-state index contributed by atoms with van der Waals surface area (Å²) in [5, 5.41) is 9.19. The maximum absolute atomic E-state index is 6.08. The van der Waals surface area contributed by atoms with E-state index in [9.17, 15) is 0 Å². The lowest BCUT2D eigenvalue weighted by Gasteiger charge is -2.36. The molecule has 0 spiro atoms. The predicted molar refractivity (Wildman–Crippen MR) is 115 cm³/mol. The number of fused-ring (bicyclic) bond motifs is 2. The van der Waals surface area contributed by atoms with E-state index >= 15 is 0 Å². The number of aromatic nitrogens is 4. The topological polar surface area (TPSA) is 63.8 Å². The Morgan fingerprint density at radius 1 is 1.07 bits per heavy atom. The molecule has 1 aliphatic rings. The van der Waals surface area contributed by atoms with Crippen molar-refractivity contribution in [2.24, 2.45) is 0 Å². The first kappa shape index (κ1) is 17.5. The molecule has 0 unspecified atom stereocenters. The van der Waals surface area contributed by atoms with Crippen molar-refractivity contribution < 1.29 is 0 Å². The lowest BCUT2D eigenvalue weighted by Crippen LogP contribution is -2.41. The Balaban J connectivity index is 1.45. The number of nitrogens with zero attached hydrogens (tertiary/aromatic N) is 4. The van der Waals surface area contributed by atoms with E-state index in [4.69, 9.17) is 16.6 Å². The van der Waals surface area contributed by atoms with Gasteiger partial charge < -0.3 is 14.8 Å². The zero-order valence-corrected chi connectivity index (χ0v) is 16.8. The van der Waals surface area contributed by atoms with Gasteiger partial charge in [0.1, 0.15) is 5.69 Å². The van der Waals surface area contributed by atoms with Crippen molar-refractivity contribution in [1.82, 2.24) is 25.1 Å². The van der Waals surface area contributed by atoms with Crippen LogP contribution in [0, 0.1) is 0 Å². The molecule has 7 heteroatoms. The molecule has 1 aliphatic heterocycles. The summed E-state index contributed by atoms with van der Waals surface area (Å²) in [5.74, 6) is 0.770. The Kier molecular flexibility index (Phi) is 4.25. The molecule has 28 heavy (non-hydrogen) atoms. The molecule has 0 aliphatic carbocycles. The molecule has 2 aromatic heterocycles. The summed E-state index contributed by atoms with van der Waals surface area (Å²) in [6.45, 7) is 2.16. The predicted octanol–water partition coefficient (Wildman–Crippen LogP) is 4.29. The molecular formula is C21H23ClN6. The Labute approximate surface area is 168 Å². The Bertz CT molecular complexity index is 1140. The fraction of sp³-hybridized carbons (Fsp3) is 0.333. The number of rotatable bonds is 3. The van der Waals surface area contributed by atoms with Crippen molar-refractivity contribution in [1.29, 1.82) is 0 Å². The van der Waals surface area contributed by atoms with E-state index in [1.165, 1.54) is 18.5 Å². The molecule has 0 radical (unpaired) electrons. The minimum Gasteiger partial charge on any atom is -0.371 e. The van der Waals surface area contributed by atoms with Gasteiger partial charge in [-0.1, -0.05) is 11.6 Å². The normalized spacial score (nSPS) is 15.9. The number of hydrogen-bond acceptors (Lipinski definition) is 4. The van der Waals surface area contributed by atoms with Crippen LogP contribution in [0.5, 0.6) is 0 Å². The highest BCUT2D eigenvalue weighted by molar-refractivity contribution is 6.31. The lowest BCUT2D eigenvalue weighted by molar-refractivity contribution is 0.249. The highest BCUT2D eigenvalue weighted by atomic mass is 35.5. The summed E-state index contributed by atoms with van der Waals surface area (Å²) in [7, 11) is 4.34. The van der Waals surface area contributed by atoms with E-state index in [0.717, 1.165) is 46.5 Å². The zero-order chi connectivity index (χ0) is 19.3. The maximum atomic E-state index is 6.08. The first-order valence-electron chi connectivity index (χ1n) is 9.63. The number of benzene rings is 2. The Morgan fingerprint density at radius 3 is 2.68 bits per heavy atom. The van der Waals surface area contributed by atoms with Gasteiger partial charge in [0.2, 0.25) is 0 Å². The van der Waals surface area contributed by atoms with Crippen molar-refractivity contribution in [2.45, 2.75) is 18.9 Å². The first-order valence-corrected chi connectivity index (χ1v) is 10.0. The standard InChI is InChI=1S/C21H23ClN6/c1-27(2)14-7-9-28(10-8-14)15-4-6-17-19(12-15)24-21(23-17)20-16-5-3-13(22)11-18(16)25-26-20/h3-6,11-12,14H,7-10H2,1-2H3,(H,23,24)(H,25,26). The number of imidazole rings is 1. The quantitative estimate of drug-likeness (QED) is 0.544. The van der Waals surface area contributed by atoms with Gasteiger partial charge in [0.15, 0.2) is 5.82 Å². The van der Waals surface area contributed by atoms with Gasteiger partial charge in [0, 0.05) is 35.2 Å². The van der Waals surface area contributed by atoms with Crippen LogP contribution in [0.3, 0.4) is 0 Å². The number of anilines is 1. The third-order valence-electron chi connectivity index (χ3n) is 5.78. The molecule has 0 saturated carbocycles. The summed E-state index contributed by atoms with van der Waals surface area (Å²) >= 11 is 6.08. The van der Waals surface area contributed by atoms with Gasteiger partial charge in [-0.15, -0.1) is 0 Å². The molecule has 0 bridgehead atoms. The van der Waals surface area contributed by atoms with Crippen LogP contribution in [-0.2, 0) is 0 Å². The zero-order valence-electron chi connectivity index (χ0n) is 16.0. The fourth-order valence-electron chi connectivity index (χ4n) is 4.12. The minimum atomic E-state index is 0.679. The first-order chi connectivity index (χ1) is 13.6. The molecule has 1 saturated heterocycles. The van der Waals surface area contributed by atoms with Gasteiger partial charge in [0.25, 0.3) is 0 Å². The molecule has 2 aromatic carbocycles. The second-order valence-corrected chi connectivity index (χ2v) is 8.17. The summed E-state index contributed by atoms with van der Waals surface area (Å²) in [5.41, 5.74) is 4.95. The minimum absolute atomic E-state index is 0.679. The van der Waals surface area contributed by atoms with Gasteiger partial charge in [0.05, 0.1) is 16.6 Å². The van der Waals surface area contributed by atoms with Crippen LogP contribution >= 0.6 is 11.6 Å². The van der Waals surface area contributed by atoms with Gasteiger partial charge in [-0.2, -0.15) is 5.10 Å². The molecule has 1 fully saturated rings. The summed E-state index contributed by atoms with van der Waals surface area (Å²) < 4.78 is 0. The number of H-pyrrole nitrogens is 2. The number of aromatic amines is 2. The van der Waals surface area contributed by atoms with E-state index in [1.54, 1.807) is 0 Å². The number of nitrogens with one attached hydrogen (secondary N) is 2. The average Bonchev–Trinajstić information content (AvgIpc) is 3.30. The molecule has 0 atom stereocenters. The van der Waals surface area contributed by atoms with Crippen LogP contribution in [-0.4, -0.2) is 58.3 Å². The van der Waals surface area contributed by atoms with Crippen LogP contribution in [0.2, 0.25) is 5.02 Å². The van der Waals surface area contributed by atoms with E-state index in [1.807, 2.05) is 18.2 Å². The van der Waals surface area contributed by atoms with Crippen molar-refractivity contribution >= 4 is 39.2 Å². The van der Waals surface area contributed by atoms with Crippen LogP contribution in [0.25, 0.3) is 33.5 Å². The summed E-state index contributed by atoms with van der Waals surface area (Å²) in [6.07, 6.45) is 2.39. The van der Waals surface area contributed by atoms with E-state index < -0.39 is 0 Å². The molecule has 5 rings (SSSR count). The molecule has 0 amide bonds. The van der Waals surface area contributed by atoms with Crippen molar-refractivity contribution in [3.8, 4) is 11.5 Å². The maximum Gasteiger partial charge on any atom is 0.159 e. The molecule has 3 heterocycles. The van der Waals surface area contributed by atoms with E-state index in [2.05, 4.69) is 57.3 Å². The largest absolute Gasteiger partial charge is 0.371 e. The lowest BCUT2D eigenvalue weighted by atomic mass is 10.0. The van der Waals surface area contributed by atoms with Crippen LogP contribution in [0.4, 0.5) is 5.69 Å². The molecule has 2 N–H and O–H groups in total. The second-order valence-electron chi connectivity index (χ2n) is 7.73. The molecular weight excluding hydrogens is 372 g/mol. The number of piperidine rings is 1. The van der Waals surface area contributed by atoms with Gasteiger partial charge in [-0.05, 0) is 63.3 Å². The Morgan fingerprint density at radius 2 is 1.89 bits per heavy atom. The fourth-order valence-corrected chi connectivity index (χ4v) is 4.29. The molecule has 4 aromatic rings. The van der Waals surface area contributed by atoms with Gasteiger partial charge >= 0.3 is 0 Å². The summed E-state index contributed by atoms with van der Waals surface area (Å²) in [4.78, 5) is 13.0. The smallest absolute Gasteiger partial charge is 0.159 e. The Hall–Kier alpha value is -2.57. The SMILES string of the molecule is CN(C)C1CCN(c2ccc3[nH]c(-c4n[nH]c5cc(Cl)ccc45)nc3c2)CC1. The number of halogens is 1. The van der Waals surface area contributed by atoms with Gasteiger partial charge in [-0.25, -0.2) is 4.98 Å². The highest BCUT2D eigenvalue weighted by Crippen LogP contribution is 2.30. The van der Waals surface area contributed by atoms with Crippen LogP contribution in [0.15, 0.2) is 36.4 Å². The average molecular weight is 395 g/mol. The highest BCUT2D eigenvalue weighted by Gasteiger charge is 2.21.